The van der Waals surface area contributed by atoms with E-state index in [-0.39, 0.29) is 6.10 Å². The van der Waals surface area contributed by atoms with Crippen molar-refractivity contribution in [3.63, 3.8) is 0 Å². The Kier molecular flexibility index (Phi) is 1.16. The zero-order valence-corrected chi connectivity index (χ0v) is 4.87. The van der Waals surface area contributed by atoms with Crippen LogP contribution < -0.4 is 0 Å². The van der Waals surface area contributed by atoms with Gasteiger partial charge in [-0.15, -0.1) is 0 Å². The van der Waals surface area contributed by atoms with Crippen LogP contribution >= 0.6 is 0 Å². The number of allylic oxidation sites excluding steroid dienone is 2. The van der Waals surface area contributed by atoms with E-state index in [0.717, 1.165) is 0 Å². The third-order valence-electron chi connectivity index (χ3n) is 1.50. The highest BCUT2D eigenvalue weighted by Crippen LogP contribution is 2.26. The molecule has 2 aliphatic rings. The summed E-state index contributed by atoms with van der Waals surface area (Å²) in [6.07, 6.45) is 11.2. The second-order valence-electron chi connectivity index (χ2n) is 2.12. The van der Waals surface area contributed by atoms with Crippen molar-refractivity contribution < 1.29 is 4.74 Å². The van der Waals surface area contributed by atoms with Gasteiger partial charge in [0.2, 0.25) is 0 Å². The Morgan fingerprint density at radius 3 is 3.00 bits per heavy atom. The van der Waals surface area contributed by atoms with Gasteiger partial charge in [0.05, 0.1) is 6.10 Å². The van der Waals surface area contributed by atoms with Crippen LogP contribution in [0.25, 0.3) is 0 Å². The minimum absolute atomic E-state index is 0.176. The van der Waals surface area contributed by atoms with Gasteiger partial charge in [0.1, 0.15) is 6.61 Å². The molecule has 1 fully saturated rings. The highest BCUT2D eigenvalue weighted by Gasteiger charge is 2.26. The molecule has 2 atom stereocenters. The number of hydrogen-bond donors (Lipinski definition) is 0. The SMILES string of the molecule is [C]1[C]C2C=CC=CC2O1. The normalized spacial score (nSPS) is 39.1. The van der Waals surface area contributed by atoms with Crippen LogP contribution in [0.4, 0.5) is 0 Å². The summed E-state index contributed by atoms with van der Waals surface area (Å²) < 4.78 is 5.06. The van der Waals surface area contributed by atoms with E-state index >= 15 is 0 Å². The Balaban J connectivity index is 2.18. The molecule has 2 unspecified atom stereocenters. The lowest BCUT2D eigenvalue weighted by molar-refractivity contribution is 0.177. The van der Waals surface area contributed by atoms with Crippen LogP contribution in [0.2, 0.25) is 0 Å². The summed E-state index contributed by atoms with van der Waals surface area (Å²) in [4.78, 5) is 0. The van der Waals surface area contributed by atoms with Gasteiger partial charge in [-0.25, -0.2) is 0 Å². The number of fused-ring (bicyclic) bond motifs is 1. The van der Waals surface area contributed by atoms with Crippen LogP contribution in [0.5, 0.6) is 0 Å². The third-order valence-corrected chi connectivity index (χ3v) is 1.50. The van der Waals surface area contributed by atoms with Gasteiger partial charge in [-0.3, -0.25) is 0 Å². The summed E-state index contributed by atoms with van der Waals surface area (Å²) in [5.41, 5.74) is 0. The Morgan fingerprint density at radius 1 is 1.22 bits per heavy atom. The van der Waals surface area contributed by atoms with Gasteiger partial charge < -0.3 is 4.74 Å². The summed E-state index contributed by atoms with van der Waals surface area (Å²) in [7, 11) is 0. The zero-order valence-electron chi connectivity index (χ0n) is 4.87. The summed E-state index contributed by atoms with van der Waals surface area (Å²) in [6.45, 7) is 2.61. The predicted molar refractivity (Wildman–Crippen MR) is 33.1 cm³/mol. The molecule has 0 spiro atoms. The molecule has 1 aliphatic carbocycles. The molecule has 1 heterocycles. The van der Waals surface area contributed by atoms with Crippen molar-refractivity contribution in [1.82, 2.24) is 0 Å². The van der Waals surface area contributed by atoms with Gasteiger partial charge in [0.15, 0.2) is 0 Å². The first-order valence-corrected chi connectivity index (χ1v) is 2.98. The standard InChI is InChI=1S/C8H6O/c1-2-4-8-7(3-1)5-6-9-8/h1-4,7-8H. The maximum atomic E-state index is 5.06. The highest BCUT2D eigenvalue weighted by molar-refractivity contribution is 5.22. The quantitative estimate of drug-likeness (QED) is 0.465. The van der Waals surface area contributed by atoms with Crippen LogP contribution in [-0.2, 0) is 4.74 Å². The van der Waals surface area contributed by atoms with E-state index < -0.39 is 0 Å². The zero-order chi connectivity index (χ0) is 6.10. The van der Waals surface area contributed by atoms with E-state index in [4.69, 9.17) is 4.74 Å². The molecule has 0 aromatic heterocycles. The van der Waals surface area contributed by atoms with Crippen molar-refractivity contribution in [1.29, 1.82) is 0 Å². The fourth-order valence-corrected chi connectivity index (χ4v) is 1.000. The molecule has 4 radical (unpaired) electrons. The molecular formula is C8H6O. The van der Waals surface area contributed by atoms with E-state index in [9.17, 15) is 0 Å². The van der Waals surface area contributed by atoms with Crippen LogP contribution in [0.3, 0.4) is 0 Å². The Bertz CT molecular complexity index is 140. The van der Waals surface area contributed by atoms with Crippen molar-refractivity contribution in [3.05, 3.63) is 37.3 Å². The first-order valence-electron chi connectivity index (χ1n) is 2.98. The Hall–Kier alpha value is -0.560. The monoisotopic (exact) mass is 118 g/mol. The molecular weight excluding hydrogens is 112 g/mol. The van der Waals surface area contributed by atoms with Gasteiger partial charge in [-0.2, -0.15) is 0 Å². The Morgan fingerprint density at radius 2 is 2.11 bits per heavy atom. The minimum Gasteiger partial charge on any atom is -0.360 e. The van der Waals surface area contributed by atoms with E-state index in [1.165, 1.54) is 0 Å². The van der Waals surface area contributed by atoms with Crippen LogP contribution in [0, 0.1) is 18.9 Å². The number of rotatable bonds is 0. The molecule has 0 aromatic rings. The summed E-state index contributed by atoms with van der Waals surface area (Å²) in [6, 6.07) is 0. The molecule has 0 aromatic carbocycles. The van der Waals surface area contributed by atoms with Crippen molar-refractivity contribution in [2.24, 2.45) is 5.92 Å². The third kappa shape index (κ3) is 0.815. The average molecular weight is 118 g/mol. The van der Waals surface area contributed by atoms with Crippen molar-refractivity contribution in [2.45, 2.75) is 6.10 Å². The van der Waals surface area contributed by atoms with Crippen LogP contribution in [-0.4, -0.2) is 6.10 Å². The molecule has 2 rings (SSSR count). The van der Waals surface area contributed by atoms with Crippen LogP contribution in [0.15, 0.2) is 24.3 Å². The highest BCUT2D eigenvalue weighted by atomic mass is 16.5. The fourth-order valence-electron chi connectivity index (χ4n) is 1.000. The summed E-state index contributed by atoms with van der Waals surface area (Å²) in [5, 5.41) is 0. The lowest BCUT2D eigenvalue weighted by Crippen LogP contribution is -2.12. The van der Waals surface area contributed by atoms with Gasteiger partial charge in [0.25, 0.3) is 0 Å². The maximum absolute atomic E-state index is 5.06. The smallest absolute Gasteiger partial charge is 0.142 e. The summed E-state index contributed by atoms with van der Waals surface area (Å²) >= 11 is 0. The van der Waals surface area contributed by atoms with E-state index in [1.807, 2.05) is 18.2 Å². The fraction of sp³-hybridized carbons (Fsp3) is 0.250. The molecule has 1 saturated heterocycles. The van der Waals surface area contributed by atoms with Crippen molar-refractivity contribution >= 4 is 0 Å². The van der Waals surface area contributed by atoms with E-state index in [1.54, 1.807) is 0 Å². The lowest BCUT2D eigenvalue weighted by atomic mass is 9.97. The average Bonchev–Trinajstić information content (AvgIpc) is 2.33. The lowest BCUT2D eigenvalue weighted by Gasteiger charge is -2.11. The largest absolute Gasteiger partial charge is 0.360 e. The minimum atomic E-state index is 0.176. The molecule has 0 saturated carbocycles. The van der Waals surface area contributed by atoms with E-state index in [0.29, 0.717) is 5.92 Å². The second-order valence-corrected chi connectivity index (χ2v) is 2.12. The molecule has 9 heavy (non-hydrogen) atoms. The number of ether oxygens (including phenoxy) is 1. The first-order chi connectivity index (χ1) is 4.47. The molecule has 1 heteroatoms. The van der Waals surface area contributed by atoms with Gasteiger partial charge in [0, 0.05) is 12.3 Å². The molecule has 44 valence electrons. The van der Waals surface area contributed by atoms with Crippen LogP contribution in [0.1, 0.15) is 0 Å². The van der Waals surface area contributed by atoms with E-state index in [2.05, 4.69) is 19.1 Å². The van der Waals surface area contributed by atoms with Gasteiger partial charge in [-0.1, -0.05) is 24.3 Å². The molecule has 0 amide bonds. The van der Waals surface area contributed by atoms with Crippen molar-refractivity contribution in [2.75, 3.05) is 0 Å². The van der Waals surface area contributed by atoms with Gasteiger partial charge in [-0.05, 0) is 0 Å². The second kappa shape index (κ2) is 1.99. The maximum Gasteiger partial charge on any atom is 0.142 e. The Labute approximate surface area is 55.0 Å². The topological polar surface area (TPSA) is 9.23 Å². The van der Waals surface area contributed by atoms with Gasteiger partial charge >= 0.3 is 0 Å². The molecule has 0 bridgehead atoms. The summed E-state index contributed by atoms with van der Waals surface area (Å²) in [5.74, 6) is 0.315. The molecule has 1 aliphatic heterocycles. The number of hydrogen-bond acceptors (Lipinski definition) is 1. The molecule has 0 N–H and O–H groups in total. The first kappa shape index (κ1) is 5.24. The molecule has 1 nitrogen and oxygen atoms in total. The van der Waals surface area contributed by atoms with Crippen molar-refractivity contribution in [3.8, 4) is 0 Å². The predicted octanol–water partition coefficient (Wildman–Crippen LogP) is 1.25.